The van der Waals surface area contributed by atoms with Crippen molar-refractivity contribution in [1.29, 1.82) is 0 Å². The standard InChI is InChI=1S/C16H17N3O2S/c1-12(14-7-4-3-5-8-14)19-21-11-16(20)18-17-13(2)15-9-6-10-22-15/h3-10H,11H2,1-2H3,(H,18,20)/b17-13+,19-12+. The first-order valence-corrected chi connectivity index (χ1v) is 7.64. The molecule has 0 aliphatic rings. The first-order chi connectivity index (χ1) is 10.7. The number of hydrogen-bond donors (Lipinski definition) is 1. The molecule has 0 spiro atoms. The van der Waals surface area contributed by atoms with Gasteiger partial charge in [0.05, 0.1) is 11.4 Å². The second-order valence-corrected chi connectivity index (χ2v) is 5.47. The third-order valence-corrected chi connectivity index (χ3v) is 3.79. The number of carbonyl (C=O) groups excluding carboxylic acids is 1. The van der Waals surface area contributed by atoms with Crippen molar-refractivity contribution in [2.24, 2.45) is 10.3 Å². The van der Waals surface area contributed by atoms with Crippen LogP contribution in [-0.4, -0.2) is 23.9 Å². The first-order valence-electron chi connectivity index (χ1n) is 6.76. The number of amides is 1. The maximum absolute atomic E-state index is 11.6. The lowest BCUT2D eigenvalue weighted by atomic mass is 10.1. The number of benzene rings is 1. The van der Waals surface area contributed by atoms with Crippen LogP contribution in [0.25, 0.3) is 0 Å². The summed E-state index contributed by atoms with van der Waals surface area (Å²) in [5, 5.41) is 9.90. The highest BCUT2D eigenvalue weighted by Crippen LogP contribution is 2.09. The van der Waals surface area contributed by atoms with Crippen molar-refractivity contribution in [3.63, 3.8) is 0 Å². The third kappa shape index (κ3) is 4.82. The fraction of sp³-hybridized carbons (Fsp3) is 0.188. The van der Waals surface area contributed by atoms with Gasteiger partial charge in [-0.05, 0) is 30.9 Å². The highest BCUT2D eigenvalue weighted by atomic mass is 32.1. The van der Waals surface area contributed by atoms with Crippen molar-refractivity contribution in [2.75, 3.05) is 6.61 Å². The van der Waals surface area contributed by atoms with E-state index in [4.69, 9.17) is 4.84 Å². The van der Waals surface area contributed by atoms with Gasteiger partial charge >= 0.3 is 0 Å². The van der Waals surface area contributed by atoms with Crippen LogP contribution in [0.4, 0.5) is 0 Å². The van der Waals surface area contributed by atoms with Gasteiger partial charge in [-0.2, -0.15) is 5.10 Å². The van der Waals surface area contributed by atoms with E-state index in [9.17, 15) is 4.79 Å². The second kappa shape index (κ2) is 8.09. The molecule has 0 bridgehead atoms. The summed E-state index contributed by atoms with van der Waals surface area (Å²) in [6.07, 6.45) is 0. The Morgan fingerprint density at radius 1 is 1.14 bits per heavy atom. The molecule has 1 N–H and O–H groups in total. The van der Waals surface area contributed by atoms with Crippen molar-refractivity contribution < 1.29 is 9.63 Å². The van der Waals surface area contributed by atoms with Gasteiger partial charge in [-0.25, -0.2) is 5.43 Å². The molecule has 1 aromatic heterocycles. The van der Waals surface area contributed by atoms with Crippen LogP contribution in [0.3, 0.4) is 0 Å². The van der Waals surface area contributed by atoms with E-state index in [1.807, 2.05) is 61.7 Å². The van der Waals surface area contributed by atoms with Crippen LogP contribution in [0, 0.1) is 0 Å². The summed E-state index contributed by atoms with van der Waals surface area (Å²) in [6.45, 7) is 3.49. The molecule has 0 atom stereocenters. The van der Waals surface area contributed by atoms with E-state index in [-0.39, 0.29) is 12.5 Å². The monoisotopic (exact) mass is 315 g/mol. The molecule has 6 heteroatoms. The Morgan fingerprint density at radius 3 is 2.59 bits per heavy atom. The predicted molar refractivity (Wildman–Crippen MR) is 89.3 cm³/mol. The molecular weight excluding hydrogens is 298 g/mol. The van der Waals surface area contributed by atoms with Gasteiger partial charge in [0, 0.05) is 4.88 Å². The summed E-state index contributed by atoms with van der Waals surface area (Å²) in [4.78, 5) is 17.7. The Hall–Kier alpha value is -2.47. The first kappa shape index (κ1) is 15.9. The normalized spacial score (nSPS) is 12.1. The van der Waals surface area contributed by atoms with E-state index >= 15 is 0 Å². The molecule has 0 aliphatic heterocycles. The molecule has 2 rings (SSSR count). The molecule has 2 aromatic rings. The van der Waals surface area contributed by atoms with Gasteiger partial charge < -0.3 is 4.84 Å². The number of oxime groups is 1. The minimum atomic E-state index is -0.347. The summed E-state index contributed by atoms with van der Waals surface area (Å²) in [7, 11) is 0. The van der Waals surface area contributed by atoms with Crippen LogP contribution in [0.15, 0.2) is 58.1 Å². The summed E-state index contributed by atoms with van der Waals surface area (Å²) in [6, 6.07) is 13.5. The van der Waals surface area contributed by atoms with Crippen LogP contribution < -0.4 is 5.43 Å². The highest BCUT2D eigenvalue weighted by Gasteiger charge is 2.03. The number of thiophene rings is 1. The average Bonchev–Trinajstić information content (AvgIpc) is 3.08. The third-order valence-electron chi connectivity index (χ3n) is 2.81. The predicted octanol–water partition coefficient (Wildman–Crippen LogP) is 3.03. The molecule has 0 radical (unpaired) electrons. The molecule has 1 amide bonds. The fourth-order valence-corrected chi connectivity index (χ4v) is 2.31. The maximum atomic E-state index is 11.6. The zero-order valence-corrected chi connectivity index (χ0v) is 13.3. The van der Waals surface area contributed by atoms with Gasteiger partial charge in [-0.3, -0.25) is 4.79 Å². The molecule has 1 heterocycles. The van der Waals surface area contributed by atoms with Crippen molar-refractivity contribution in [3.8, 4) is 0 Å². The molecule has 1 aromatic carbocycles. The zero-order chi connectivity index (χ0) is 15.8. The SMILES string of the molecule is C/C(=N\OCC(=O)N/N=C(\C)c1cccs1)c1ccccc1. The van der Waals surface area contributed by atoms with Crippen molar-refractivity contribution in [2.45, 2.75) is 13.8 Å². The number of rotatable bonds is 6. The number of carbonyl (C=O) groups is 1. The van der Waals surface area contributed by atoms with E-state index in [1.165, 1.54) is 0 Å². The molecule has 0 aliphatic carbocycles. The number of hydrogen-bond acceptors (Lipinski definition) is 5. The fourth-order valence-electron chi connectivity index (χ4n) is 1.64. The molecule has 0 saturated carbocycles. The van der Waals surface area contributed by atoms with E-state index in [0.717, 1.165) is 16.2 Å². The van der Waals surface area contributed by atoms with E-state index in [1.54, 1.807) is 11.3 Å². The van der Waals surface area contributed by atoms with Crippen LogP contribution in [-0.2, 0) is 9.63 Å². The summed E-state index contributed by atoms with van der Waals surface area (Å²) < 4.78 is 0. The Bertz CT molecular complexity index is 664. The minimum absolute atomic E-state index is 0.175. The average molecular weight is 315 g/mol. The number of hydrazone groups is 1. The van der Waals surface area contributed by atoms with Gasteiger partial charge in [0.25, 0.3) is 5.91 Å². The second-order valence-electron chi connectivity index (χ2n) is 4.53. The molecule has 5 nitrogen and oxygen atoms in total. The smallest absolute Gasteiger partial charge is 0.280 e. The lowest BCUT2D eigenvalue weighted by Crippen LogP contribution is -2.23. The summed E-state index contributed by atoms with van der Waals surface area (Å²) >= 11 is 1.57. The molecule has 114 valence electrons. The quantitative estimate of drug-likeness (QED) is 0.658. The summed E-state index contributed by atoms with van der Waals surface area (Å²) in [5.41, 5.74) is 4.87. The van der Waals surface area contributed by atoms with Crippen LogP contribution >= 0.6 is 11.3 Å². The highest BCUT2D eigenvalue weighted by molar-refractivity contribution is 7.12. The molecule has 0 fully saturated rings. The van der Waals surface area contributed by atoms with E-state index in [0.29, 0.717) is 5.71 Å². The van der Waals surface area contributed by atoms with Crippen molar-refractivity contribution in [3.05, 3.63) is 58.3 Å². The Kier molecular flexibility index (Phi) is 5.85. The Balaban J connectivity index is 1.80. The molecule has 22 heavy (non-hydrogen) atoms. The van der Waals surface area contributed by atoms with Gasteiger partial charge in [0.1, 0.15) is 0 Å². The molecular formula is C16H17N3O2S. The van der Waals surface area contributed by atoms with Gasteiger partial charge in [-0.15, -0.1) is 11.3 Å². The summed E-state index contributed by atoms with van der Waals surface area (Å²) in [5.74, 6) is -0.347. The zero-order valence-electron chi connectivity index (χ0n) is 12.4. The van der Waals surface area contributed by atoms with Crippen LogP contribution in [0.1, 0.15) is 24.3 Å². The molecule has 0 saturated heterocycles. The van der Waals surface area contributed by atoms with Crippen molar-refractivity contribution in [1.82, 2.24) is 5.43 Å². The number of nitrogens with one attached hydrogen (secondary N) is 1. The van der Waals surface area contributed by atoms with E-state index < -0.39 is 0 Å². The maximum Gasteiger partial charge on any atom is 0.280 e. The lowest BCUT2D eigenvalue weighted by Gasteiger charge is -2.02. The van der Waals surface area contributed by atoms with Gasteiger partial charge in [0.2, 0.25) is 0 Å². The Morgan fingerprint density at radius 2 is 1.91 bits per heavy atom. The largest absolute Gasteiger partial charge is 0.385 e. The number of nitrogens with zero attached hydrogens (tertiary/aromatic N) is 2. The van der Waals surface area contributed by atoms with Gasteiger partial charge in [-0.1, -0.05) is 41.6 Å². The van der Waals surface area contributed by atoms with E-state index in [2.05, 4.69) is 15.7 Å². The van der Waals surface area contributed by atoms with Crippen molar-refractivity contribution >= 4 is 28.7 Å². The minimum Gasteiger partial charge on any atom is -0.385 e. The lowest BCUT2D eigenvalue weighted by molar-refractivity contribution is -0.125. The molecule has 0 unspecified atom stereocenters. The van der Waals surface area contributed by atoms with Gasteiger partial charge in [0.15, 0.2) is 6.61 Å². The topological polar surface area (TPSA) is 63.0 Å². The van der Waals surface area contributed by atoms with Crippen LogP contribution in [0.5, 0.6) is 0 Å². The van der Waals surface area contributed by atoms with Crippen LogP contribution in [0.2, 0.25) is 0 Å². The Labute approximate surface area is 133 Å².